The number of fused-ring (bicyclic) bond motifs is 3. The molecule has 2 aliphatic rings. The number of aromatic nitrogens is 4. The predicted octanol–water partition coefficient (Wildman–Crippen LogP) is 4.55. The number of aryl methyl sites for hydroxylation is 2. The van der Waals surface area contributed by atoms with E-state index < -0.39 is 0 Å². The molecule has 3 aromatic heterocycles. The number of rotatable bonds is 1. The van der Waals surface area contributed by atoms with Crippen molar-refractivity contribution in [3.8, 4) is 22.8 Å². The van der Waals surface area contributed by atoms with Crippen LogP contribution in [0.1, 0.15) is 28.3 Å². The summed E-state index contributed by atoms with van der Waals surface area (Å²) in [6.07, 6.45) is 4.41. The lowest BCUT2D eigenvalue weighted by Crippen LogP contribution is -2.13. The van der Waals surface area contributed by atoms with Gasteiger partial charge in [-0.1, -0.05) is 11.6 Å². The van der Waals surface area contributed by atoms with Crippen molar-refractivity contribution >= 4 is 17.2 Å². The molecular weight excluding hydrogens is 419 g/mol. The predicted molar refractivity (Wildman–Crippen MR) is 114 cm³/mol. The fraction of sp³-hybridized carbons (Fsp3) is 0.261. The Hall–Kier alpha value is -3.19. The third-order valence-corrected chi connectivity index (χ3v) is 6.31. The summed E-state index contributed by atoms with van der Waals surface area (Å²) < 4.78 is 28.8. The summed E-state index contributed by atoms with van der Waals surface area (Å²) in [6.45, 7) is 2.84. The minimum Gasteiger partial charge on any atom is -0.493 e. The lowest BCUT2D eigenvalue weighted by molar-refractivity contribution is 0.246. The van der Waals surface area contributed by atoms with Crippen LogP contribution in [0, 0.1) is 12.7 Å². The highest BCUT2D eigenvalue weighted by molar-refractivity contribution is 6.30. The largest absolute Gasteiger partial charge is 0.493 e. The lowest BCUT2D eigenvalue weighted by Gasteiger charge is -2.16. The van der Waals surface area contributed by atoms with E-state index in [2.05, 4.69) is 15.2 Å². The summed E-state index contributed by atoms with van der Waals surface area (Å²) in [5.74, 6) is 1.27. The summed E-state index contributed by atoms with van der Waals surface area (Å²) >= 11 is 6.11. The van der Waals surface area contributed by atoms with Gasteiger partial charge in [0.1, 0.15) is 23.6 Å². The van der Waals surface area contributed by atoms with Crippen LogP contribution in [0.2, 0.25) is 5.02 Å². The molecule has 0 bridgehead atoms. The number of ether oxygens (including phenoxy) is 2. The van der Waals surface area contributed by atoms with E-state index in [1.807, 2.05) is 23.5 Å². The SMILES string of the molecule is Cc1cc(Cl)cnc1-c1cc2c(n3cnnc13)CCc1c(F)ccc3c1[C@H](CO3)CO2. The fourth-order valence-electron chi connectivity index (χ4n) is 4.66. The summed E-state index contributed by atoms with van der Waals surface area (Å²) in [5.41, 5.74) is 5.75. The van der Waals surface area contributed by atoms with Gasteiger partial charge in [0.05, 0.1) is 35.5 Å². The minimum atomic E-state index is -0.199. The van der Waals surface area contributed by atoms with Crippen molar-refractivity contribution < 1.29 is 13.9 Å². The quantitative estimate of drug-likeness (QED) is 0.438. The van der Waals surface area contributed by atoms with E-state index in [9.17, 15) is 4.39 Å². The third kappa shape index (κ3) is 2.87. The number of nitrogens with zero attached hydrogens (tertiary/aromatic N) is 4. The maximum absolute atomic E-state index is 14.7. The number of pyridine rings is 2. The highest BCUT2D eigenvalue weighted by atomic mass is 35.5. The molecule has 4 aromatic rings. The average molecular weight is 437 g/mol. The Labute approximate surface area is 182 Å². The Morgan fingerprint density at radius 2 is 1.97 bits per heavy atom. The van der Waals surface area contributed by atoms with Crippen LogP contribution in [-0.4, -0.2) is 32.8 Å². The van der Waals surface area contributed by atoms with E-state index in [1.165, 1.54) is 6.07 Å². The van der Waals surface area contributed by atoms with Crippen molar-refractivity contribution in [2.45, 2.75) is 25.7 Å². The van der Waals surface area contributed by atoms with Crippen LogP contribution >= 0.6 is 11.6 Å². The molecule has 8 heteroatoms. The van der Waals surface area contributed by atoms with Gasteiger partial charge in [-0.05, 0) is 55.2 Å². The van der Waals surface area contributed by atoms with Crippen molar-refractivity contribution in [2.24, 2.45) is 0 Å². The first kappa shape index (κ1) is 18.6. The molecule has 2 aliphatic heterocycles. The van der Waals surface area contributed by atoms with Crippen LogP contribution in [0.5, 0.6) is 11.5 Å². The Morgan fingerprint density at radius 3 is 2.81 bits per heavy atom. The second-order valence-corrected chi connectivity index (χ2v) is 8.41. The Morgan fingerprint density at radius 1 is 1.13 bits per heavy atom. The zero-order valence-electron chi connectivity index (χ0n) is 16.7. The van der Waals surface area contributed by atoms with Crippen molar-refractivity contribution in [3.63, 3.8) is 0 Å². The molecule has 0 amide bonds. The Kier molecular flexibility index (Phi) is 4.14. The van der Waals surface area contributed by atoms with Crippen LogP contribution in [-0.2, 0) is 12.8 Å². The van der Waals surface area contributed by atoms with Gasteiger partial charge in [-0.15, -0.1) is 10.2 Å². The zero-order valence-corrected chi connectivity index (χ0v) is 17.5. The van der Waals surface area contributed by atoms with Gasteiger partial charge in [-0.2, -0.15) is 0 Å². The number of halogens is 2. The van der Waals surface area contributed by atoms with E-state index in [-0.39, 0.29) is 11.7 Å². The molecule has 0 saturated carbocycles. The fourth-order valence-corrected chi connectivity index (χ4v) is 4.87. The summed E-state index contributed by atoms with van der Waals surface area (Å²) in [4.78, 5) is 4.53. The highest BCUT2D eigenvalue weighted by Gasteiger charge is 2.31. The van der Waals surface area contributed by atoms with Crippen molar-refractivity contribution in [1.29, 1.82) is 0 Å². The number of hydrogen-bond donors (Lipinski definition) is 0. The normalized spacial score (nSPS) is 17.2. The monoisotopic (exact) mass is 436 g/mol. The van der Waals surface area contributed by atoms with E-state index in [0.29, 0.717) is 42.3 Å². The molecule has 5 heterocycles. The maximum atomic E-state index is 14.7. The second kappa shape index (κ2) is 6.92. The summed E-state index contributed by atoms with van der Waals surface area (Å²) in [7, 11) is 0. The molecule has 0 unspecified atom stereocenters. The molecule has 156 valence electrons. The van der Waals surface area contributed by atoms with Gasteiger partial charge < -0.3 is 9.47 Å². The smallest absolute Gasteiger partial charge is 0.170 e. The van der Waals surface area contributed by atoms with Crippen LogP contribution < -0.4 is 9.47 Å². The van der Waals surface area contributed by atoms with Crippen molar-refractivity contribution in [2.75, 3.05) is 13.2 Å². The third-order valence-electron chi connectivity index (χ3n) is 6.10. The van der Waals surface area contributed by atoms with Crippen LogP contribution in [0.4, 0.5) is 4.39 Å². The first-order chi connectivity index (χ1) is 15.1. The highest BCUT2D eigenvalue weighted by Crippen LogP contribution is 2.41. The van der Waals surface area contributed by atoms with Gasteiger partial charge in [0.15, 0.2) is 5.65 Å². The van der Waals surface area contributed by atoms with E-state index >= 15 is 0 Å². The van der Waals surface area contributed by atoms with Crippen LogP contribution in [0.15, 0.2) is 36.8 Å². The molecule has 0 fully saturated rings. The van der Waals surface area contributed by atoms with E-state index in [1.54, 1.807) is 18.6 Å². The number of hydrogen-bond acceptors (Lipinski definition) is 5. The van der Waals surface area contributed by atoms with Gasteiger partial charge in [-0.3, -0.25) is 9.38 Å². The van der Waals surface area contributed by atoms with Crippen LogP contribution in [0.25, 0.3) is 16.9 Å². The van der Waals surface area contributed by atoms with Crippen molar-refractivity contribution in [3.05, 3.63) is 70.0 Å². The molecule has 6 nitrogen and oxygen atoms in total. The molecule has 6 rings (SSSR count). The number of benzene rings is 1. The molecule has 1 aromatic carbocycles. The molecule has 31 heavy (non-hydrogen) atoms. The van der Waals surface area contributed by atoms with Gasteiger partial charge >= 0.3 is 0 Å². The summed E-state index contributed by atoms with van der Waals surface area (Å²) in [5, 5.41) is 9.05. The average Bonchev–Trinajstić information content (AvgIpc) is 3.40. The van der Waals surface area contributed by atoms with Gasteiger partial charge in [0.25, 0.3) is 0 Å². The maximum Gasteiger partial charge on any atom is 0.170 e. The van der Waals surface area contributed by atoms with Crippen LogP contribution in [0.3, 0.4) is 0 Å². The Bertz CT molecular complexity index is 1350. The van der Waals surface area contributed by atoms with E-state index in [4.69, 9.17) is 21.1 Å². The standard InChI is InChI=1S/C23H18ClFN4O2/c1-12-6-14(24)8-26-22(12)16-7-20-18(29-11-27-28-23(16)29)4-2-15-17(25)3-5-19-21(15)13(9-30-19)10-31-20/h3,5-8,11,13H,2,4,9-10H2,1H3/t13-/m1/s1. The summed E-state index contributed by atoms with van der Waals surface area (Å²) in [6, 6.07) is 7.04. The second-order valence-electron chi connectivity index (χ2n) is 7.97. The molecule has 0 spiro atoms. The minimum absolute atomic E-state index is 0.0119. The van der Waals surface area contributed by atoms with Gasteiger partial charge in [0.2, 0.25) is 0 Å². The molecule has 1 atom stereocenters. The first-order valence-electron chi connectivity index (χ1n) is 10.1. The molecule has 0 saturated heterocycles. The van der Waals surface area contributed by atoms with Gasteiger partial charge in [0, 0.05) is 17.3 Å². The Balaban J connectivity index is 1.53. The molecule has 0 aliphatic carbocycles. The molecule has 0 N–H and O–H groups in total. The molecular formula is C23H18ClFN4O2. The topological polar surface area (TPSA) is 61.5 Å². The first-order valence-corrected chi connectivity index (χ1v) is 10.5. The molecule has 0 radical (unpaired) electrons. The van der Waals surface area contributed by atoms with Gasteiger partial charge in [-0.25, -0.2) is 4.39 Å². The van der Waals surface area contributed by atoms with E-state index in [0.717, 1.165) is 39.6 Å². The zero-order chi connectivity index (χ0) is 21.1. The lowest BCUT2D eigenvalue weighted by atomic mass is 9.93. The van der Waals surface area contributed by atoms with Crippen molar-refractivity contribution in [1.82, 2.24) is 19.6 Å².